The maximum Gasteiger partial charge on any atom is 0.416 e. The van der Waals surface area contributed by atoms with E-state index in [0.717, 1.165) is 23.1 Å². The summed E-state index contributed by atoms with van der Waals surface area (Å²) in [7, 11) is 0. The van der Waals surface area contributed by atoms with Gasteiger partial charge in [-0.25, -0.2) is 19.6 Å². The Morgan fingerprint density at radius 3 is 2.48 bits per heavy atom. The van der Waals surface area contributed by atoms with Crippen molar-refractivity contribution in [2.75, 3.05) is 0 Å². The first kappa shape index (κ1) is 22.6. The van der Waals surface area contributed by atoms with Crippen LogP contribution >= 0.6 is 11.3 Å². The summed E-state index contributed by atoms with van der Waals surface area (Å²) in [5, 5.41) is 7.29. The SMILES string of the molecule is Cc1cc(C)n(-c2ccc(CNC(=O)c3sc(-c4ncccn4)nc3C)c(C(F)(F)F)c2)n1. The van der Waals surface area contributed by atoms with E-state index in [9.17, 15) is 18.0 Å². The minimum atomic E-state index is -4.59. The number of rotatable bonds is 5. The summed E-state index contributed by atoms with van der Waals surface area (Å²) in [4.78, 5) is 25.5. The maximum absolute atomic E-state index is 13.8. The zero-order valence-corrected chi connectivity index (χ0v) is 18.8. The Balaban J connectivity index is 1.57. The lowest BCUT2D eigenvalue weighted by atomic mass is 10.1. The number of nitrogens with zero attached hydrogens (tertiary/aromatic N) is 5. The first-order valence-electron chi connectivity index (χ1n) is 9.90. The molecule has 0 radical (unpaired) electrons. The largest absolute Gasteiger partial charge is 0.416 e. The summed E-state index contributed by atoms with van der Waals surface area (Å²) in [6, 6.07) is 7.41. The van der Waals surface area contributed by atoms with E-state index in [0.29, 0.717) is 32.8 Å². The molecule has 3 heterocycles. The lowest BCUT2D eigenvalue weighted by Gasteiger charge is -2.16. The van der Waals surface area contributed by atoms with Gasteiger partial charge in [-0.3, -0.25) is 4.79 Å². The normalized spacial score (nSPS) is 11.6. The molecule has 0 bridgehead atoms. The number of amides is 1. The molecule has 3 aromatic heterocycles. The van der Waals surface area contributed by atoms with E-state index in [1.807, 2.05) is 0 Å². The van der Waals surface area contributed by atoms with Gasteiger partial charge < -0.3 is 5.32 Å². The first-order chi connectivity index (χ1) is 15.6. The molecule has 4 rings (SSSR count). The van der Waals surface area contributed by atoms with Crippen molar-refractivity contribution in [2.24, 2.45) is 0 Å². The average molecular weight is 472 g/mol. The molecular formula is C22H19F3N6OS. The maximum atomic E-state index is 13.8. The summed E-state index contributed by atoms with van der Waals surface area (Å²) in [5.41, 5.74) is 1.31. The zero-order chi connectivity index (χ0) is 23.8. The van der Waals surface area contributed by atoms with Crippen molar-refractivity contribution in [3.63, 3.8) is 0 Å². The Hall–Kier alpha value is -3.60. The highest BCUT2D eigenvalue weighted by Crippen LogP contribution is 2.34. The number of aromatic nitrogens is 5. The van der Waals surface area contributed by atoms with E-state index < -0.39 is 17.6 Å². The first-order valence-corrected chi connectivity index (χ1v) is 10.7. The van der Waals surface area contributed by atoms with E-state index in [4.69, 9.17) is 0 Å². The number of carbonyl (C=O) groups is 1. The fourth-order valence-electron chi connectivity index (χ4n) is 3.37. The monoisotopic (exact) mass is 472 g/mol. The highest BCUT2D eigenvalue weighted by Gasteiger charge is 2.34. The minimum absolute atomic E-state index is 0.0464. The van der Waals surface area contributed by atoms with E-state index in [1.165, 1.54) is 10.7 Å². The minimum Gasteiger partial charge on any atom is -0.347 e. The lowest BCUT2D eigenvalue weighted by molar-refractivity contribution is -0.138. The summed E-state index contributed by atoms with van der Waals surface area (Å²) in [6.07, 6.45) is -1.47. The van der Waals surface area contributed by atoms with Gasteiger partial charge in [0.05, 0.1) is 22.6 Å². The van der Waals surface area contributed by atoms with Crippen molar-refractivity contribution in [3.05, 3.63) is 75.8 Å². The molecule has 0 saturated carbocycles. The predicted octanol–water partition coefficient (Wildman–Crippen LogP) is 4.66. The molecule has 0 atom stereocenters. The molecule has 0 aliphatic heterocycles. The van der Waals surface area contributed by atoms with Crippen molar-refractivity contribution in [1.29, 1.82) is 0 Å². The van der Waals surface area contributed by atoms with E-state index >= 15 is 0 Å². The molecule has 0 aliphatic carbocycles. The van der Waals surface area contributed by atoms with Gasteiger partial charge in [-0.2, -0.15) is 18.3 Å². The van der Waals surface area contributed by atoms with Crippen LogP contribution in [-0.2, 0) is 12.7 Å². The van der Waals surface area contributed by atoms with Gasteiger partial charge in [0.2, 0.25) is 0 Å². The summed E-state index contributed by atoms with van der Waals surface area (Å²) in [5.74, 6) is -0.133. The number of hydrogen-bond acceptors (Lipinski definition) is 6. The second kappa shape index (κ2) is 8.74. The Bertz CT molecular complexity index is 1310. The summed E-state index contributed by atoms with van der Waals surface area (Å²) >= 11 is 1.09. The molecule has 11 heteroatoms. The third-order valence-electron chi connectivity index (χ3n) is 4.85. The van der Waals surface area contributed by atoms with Crippen LogP contribution < -0.4 is 5.32 Å². The van der Waals surface area contributed by atoms with Crippen LogP contribution in [0.3, 0.4) is 0 Å². The van der Waals surface area contributed by atoms with Gasteiger partial charge in [-0.05, 0) is 50.6 Å². The molecule has 1 N–H and O–H groups in total. The van der Waals surface area contributed by atoms with Crippen LogP contribution in [0.25, 0.3) is 16.5 Å². The number of hydrogen-bond donors (Lipinski definition) is 1. The van der Waals surface area contributed by atoms with Gasteiger partial charge in [-0.15, -0.1) is 11.3 Å². The van der Waals surface area contributed by atoms with Crippen LogP contribution in [0.15, 0.2) is 42.7 Å². The quantitative estimate of drug-likeness (QED) is 0.457. The van der Waals surface area contributed by atoms with Crippen molar-refractivity contribution in [3.8, 4) is 16.5 Å². The fraction of sp³-hybridized carbons (Fsp3) is 0.227. The Morgan fingerprint density at radius 1 is 1.12 bits per heavy atom. The molecule has 1 aromatic carbocycles. The van der Waals surface area contributed by atoms with Crippen molar-refractivity contribution < 1.29 is 18.0 Å². The number of carbonyl (C=O) groups excluding carboxylic acids is 1. The van der Waals surface area contributed by atoms with Crippen LogP contribution in [-0.4, -0.2) is 30.6 Å². The molecule has 1 amide bonds. The van der Waals surface area contributed by atoms with E-state index in [-0.39, 0.29) is 12.1 Å². The molecule has 7 nitrogen and oxygen atoms in total. The lowest BCUT2D eigenvalue weighted by Crippen LogP contribution is -2.24. The van der Waals surface area contributed by atoms with Crippen LogP contribution in [0, 0.1) is 20.8 Å². The Labute approximate surface area is 191 Å². The average Bonchev–Trinajstić information content (AvgIpc) is 3.33. The molecule has 33 heavy (non-hydrogen) atoms. The van der Waals surface area contributed by atoms with Gasteiger partial charge in [0, 0.05) is 24.6 Å². The Kier molecular flexibility index (Phi) is 5.98. The smallest absolute Gasteiger partial charge is 0.347 e. The van der Waals surface area contributed by atoms with Crippen molar-refractivity contribution >= 4 is 17.2 Å². The van der Waals surface area contributed by atoms with Gasteiger partial charge in [-0.1, -0.05) is 6.07 Å². The van der Waals surface area contributed by atoms with Crippen molar-refractivity contribution in [2.45, 2.75) is 33.5 Å². The molecule has 0 fully saturated rings. The highest BCUT2D eigenvalue weighted by atomic mass is 32.1. The number of nitrogens with one attached hydrogen (secondary N) is 1. The zero-order valence-electron chi connectivity index (χ0n) is 17.9. The molecule has 0 unspecified atom stereocenters. The number of aryl methyl sites for hydroxylation is 3. The second-order valence-electron chi connectivity index (χ2n) is 7.37. The standard InChI is InChI=1S/C22H19F3N6OS/c1-12-9-13(2)31(30-12)16-6-5-15(17(10-16)22(23,24)25)11-28-20(32)18-14(3)29-21(33-18)19-26-7-4-8-27-19/h4-10H,11H2,1-3H3,(H,28,32). The topological polar surface area (TPSA) is 85.6 Å². The van der Waals surface area contributed by atoms with E-state index in [1.54, 1.807) is 51.4 Å². The summed E-state index contributed by atoms with van der Waals surface area (Å²) < 4.78 is 42.8. The second-order valence-corrected chi connectivity index (χ2v) is 8.37. The van der Waals surface area contributed by atoms with Gasteiger partial charge in [0.15, 0.2) is 10.8 Å². The van der Waals surface area contributed by atoms with Crippen LogP contribution in [0.5, 0.6) is 0 Å². The molecule has 170 valence electrons. The molecule has 0 spiro atoms. The summed E-state index contributed by atoms with van der Waals surface area (Å²) in [6.45, 7) is 4.91. The van der Waals surface area contributed by atoms with Crippen LogP contribution in [0.1, 0.15) is 37.9 Å². The molecule has 4 aromatic rings. The predicted molar refractivity (Wildman–Crippen MR) is 117 cm³/mol. The van der Waals surface area contributed by atoms with Gasteiger partial charge in [0.1, 0.15) is 4.88 Å². The number of halogens is 3. The fourth-order valence-corrected chi connectivity index (χ4v) is 4.30. The third kappa shape index (κ3) is 4.77. The van der Waals surface area contributed by atoms with Gasteiger partial charge in [0.25, 0.3) is 5.91 Å². The van der Waals surface area contributed by atoms with Crippen LogP contribution in [0.2, 0.25) is 0 Å². The number of thiazole rings is 1. The van der Waals surface area contributed by atoms with Gasteiger partial charge >= 0.3 is 6.18 Å². The number of alkyl halides is 3. The number of benzene rings is 1. The molecular weight excluding hydrogens is 453 g/mol. The van der Waals surface area contributed by atoms with E-state index in [2.05, 4.69) is 25.4 Å². The molecule has 0 aliphatic rings. The highest BCUT2D eigenvalue weighted by molar-refractivity contribution is 7.17. The van der Waals surface area contributed by atoms with Crippen molar-refractivity contribution in [1.82, 2.24) is 30.0 Å². The molecule has 0 saturated heterocycles. The van der Waals surface area contributed by atoms with Crippen LogP contribution in [0.4, 0.5) is 13.2 Å². The Morgan fingerprint density at radius 2 is 1.85 bits per heavy atom. The third-order valence-corrected chi connectivity index (χ3v) is 6.00.